The molecule has 0 aromatic carbocycles. The van der Waals surface area contributed by atoms with E-state index in [0.717, 1.165) is 13.0 Å². The Morgan fingerprint density at radius 2 is 1.62 bits per heavy atom. The van der Waals surface area contributed by atoms with Crippen LogP contribution in [-0.4, -0.2) is 36.6 Å². The summed E-state index contributed by atoms with van der Waals surface area (Å²) in [7, 11) is 0. The van der Waals surface area contributed by atoms with Crippen LogP contribution in [0.4, 0.5) is 0 Å². The average Bonchev–Trinajstić information content (AvgIpc) is 2.10. The van der Waals surface area contributed by atoms with Gasteiger partial charge in [-0.05, 0) is 27.2 Å². The number of ether oxygens (including phenoxy) is 2. The molecule has 0 aromatic heterocycles. The maximum absolute atomic E-state index is 8.99. The first-order chi connectivity index (χ1) is 6.07. The molecule has 3 heteroatoms. The van der Waals surface area contributed by atoms with Crippen molar-refractivity contribution >= 4 is 0 Å². The summed E-state index contributed by atoms with van der Waals surface area (Å²) in [5.74, 6) is 0. The lowest BCUT2D eigenvalue weighted by Crippen LogP contribution is -2.29. The van der Waals surface area contributed by atoms with E-state index in [1.807, 2.05) is 13.8 Å². The smallest absolute Gasteiger partial charge is 0.0807 e. The predicted octanol–water partition coefficient (Wildman–Crippen LogP) is 1.59. The molecule has 0 bridgehead atoms. The first-order valence-corrected chi connectivity index (χ1v) is 4.99. The number of aliphatic hydroxyl groups excluding tert-OH is 1. The van der Waals surface area contributed by atoms with Crippen molar-refractivity contribution in [3.8, 4) is 0 Å². The van der Waals surface area contributed by atoms with Crippen LogP contribution in [0.15, 0.2) is 0 Å². The molecule has 0 saturated carbocycles. The molecule has 1 N–H and O–H groups in total. The van der Waals surface area contributed by atoms with Gasteiger partial charge in [0.1, 0.15) is 0 Å². The van der Waals surface area contributed by atoms with Gasteiger partial charge in [-0.2, -0.15) is 0 Å². The van der Waals surface area contributed by atoms with Gasteiger partial charge >= 0.3 is 0 Å². The Balaban J connectivity index is 3.50. The van der Waals surface area contributed by atoms with Gasteiger partial charge in [0.25, 0.3) is 0 Å². The second-order valence-electron chi connectivity index (χ2n) is 3.46. The molecule has 80 valence electrons. The summed E-state index contributed by atoms with van der Waals surface area (Å²) < 4.78 is 10.9. The maximum atomic E-state index is 8.99. The van der Waals surface area contributed by atoms with Crippen molar-refractivity contribution in [3.05, 3.63) is 0 Å². The standard InChI is InChI=1S/C10H22O3/c1-5-6-12-9(3)10(4)13-7-8(2)11/h8-11H,5-7H2,1-4H3. The van der Waals surface area contributed by atoms with Crippen LogP contribution in [0.3, 0.4) is 0 Å². The maximum Gasteiger partial charge on any atom is 0.0807 e. The molecule has 0 amide bonds. The molecular weight excluding hydrogens is 168 g/mol. The number of hydrogen-bond acceptors (Lipinski definition) is 3. The fourth-order valence-electron chi connectivity index (χ4n) is 0.866. The highest BCUT2D eigenvalue weighted by Gasteiger charge is 2.13. The topological polar surface area (TPSA) is 38.7 Å². The van der Waals surface area contributed by atoms with E-state index in [9.17, 15) is 0 Å². The Morgan fingerprint density at radius 1 is 1.08 bits per heavy atom. The summed E-state index contributed by atoms with van der Waals surface area (Å²) in [6, 6.07) is 0. The zero-order chi connectivity index (χ0) is 10.3. The van der Waals surface area contributed by atoms with Crippen molar-refractivity contribution in [3.63, 3.8) is 0 Å². The van der Waals surface area contributed by atoms with Crippen LogP contribution < -0.4 is 0 Å². The Bertz CT molecular complexity index is 115. The molecule has 0 spiro atoms. The Labute approximate surface area is 81.0 Å². The summed E-state index contributed by atoms with van der Waals surface area (Å²) in [6.07, 6.45) is 0.758. The highest BCUT2D eigenvalue weighted by Crippen LogP contribution is 2.04. The summed E-state index contributed by atoms with van der Waals surface area (Å²) in [5.41, 5.74) is 0. The van der Waals surface area contributed by atoms with Crippen LogP contribution in [0, 0.1) is 0 Å². The monoisotopic (exact) mass is 190 g/mol. The van der Waals surface area contributed by atoms with Gasteiger partial charge in [-0.15, -0.1) is 0 Å². The average molecular weight is 190 g/mol. The molecule has 0 aromatic rings. The van der Waals surface area contributed by atoms with E-state index >= 15 is 0 Å². The van der Waals surface area contributed by atoms with E-state index in [1.165, 1.54) is 0 Å². The molecule has 0 aliphatic carbocycles. The number of rotatable bonds is 7. The van der Waals surface area contributed by atoms with E-state index in [2.05, 4.69) is 6.92 Å². The van der Waals surface area contributed by atoms with Crippen molar-refractivity contribution in [2.24, 2.45) is 0 Å². The largest absolute Gasteiger partial charge is 0.391 e. The third kappa shape index (κ3) is 6.99. The van der Waals surface area contributed by atoms with Gasteiger partial charge in [-0.25, -0.2) is 0 Å². The lowest BCUT2D eigenvalue weighted by atomic mass is 10.2. The van der Waals surface area contributed by atoms with Crippen LogP contribution in [0.25, 0.3) is 0 Å². The van der Waals surface area contributed by atoms with E-state index in [1.54, 1.807) is 6.92 Å². The van der Waals surface area contributed by atoms with Crippen molar-refractivity contribution in [1.29, 1.82) is 0 Å². The molecule has 0 aliphatic rings. The van der Waals surface area contributed by atoms with Crippen LogP contribution in [0.2, 0.25) is 0 Å². The van der Waals surface area contributed by atoms with Crippen molar-refractivity contribution in [1.82, 2.24) is 0 Å². The van der Waals surface area contributed by atoms with Gasteiger partial charge in [0.2, 0.25) is 0 Å². The molecular formula is C10H22O3. The molecule has 13 heavy (non-hydrogen) atoms. The van der Waals surface area contributed by atoms with Crippen LogP contribution >= 0.6 is 0 Å². The van der Waals surface area contributed by atoms with E-state index in [4.69, 9.17) is 14.6 Å². The summed E-state index contributed by atoms with van der Waals surface area (Å²) in [4.78, 5) is 0. The van der Waals surface area contributed by atoms with Crippen LogP contribution in [0.1, 0.15) is 34.1 Å². The van der Waals surface area contributed by atoms with E-state index < -0.39 is 6.10 Å². The number of hydrogen-bond donors (Lipinski definition) is 1. The van der Waals surface area contributed by atoms with Gasteiger partial charge in [-0.1, -0.05) is 6.92 Å². The second-order valence-corrected chi connectivity index (χ2v) is 3.46. The summed E-state index contributed by atoms with van der Waals surface area (Å²) in [6.45, 7) is 8.88. The molecule has 3 nitrogen and oxygen atoms in total. The minimum Gasteiger partial charge on any atom is -0.391 e. The fourth-order valence-corrected chi connectivity index (χ4v) is 0.866. The van der Waals surface area contributed by atoms with Crippen LogP contribution in [0.5, 0.6) is 0 Å². The highest BCUT2D eigenvalue weighted by molar-refractivity contribution is 4.60. The molecule has 0 fully saturated rings. The van der Waals surface area contributed by atoms with E-state index in [0.29, 0.717) is 6.61 Å². The normalized spacial score (nSPS) is 18.2. The van der Waals surface area contributed by atoms with Gasteiger partial charge in [0.05, 0.1) is 24.9 Å². The molecule has 3 atom stereocenters. The minimum absolute atomic E-state index is 0.0427. The molecule has 0 saturated heterocycles. The highest BCUT2D eigenvalue weighted by atomic mass is 16.5. The predicted molar refractivity (Wildman–Crippen MR) is 52.8 cm³/mol. The third-order valence-corrected chi connectivity index (χ3v) is 1.85. The number of aliphatic hydroxyl groups is 1. The van der Waals surface area contributed by atoms with Crippen molar-refractivity contribution < 1.29 is 14.6 Å². The van der Waals surface area contributed by atoms with Gasteiger partial charge in [0.15, 0.2) is 0 Å². The lowest BCUT2D eigenvalue weighted by Gasteiger charge is -2.21. The van der Waals surface area contributed by atoms with E-state index in [-0.39, 0.29) is 12.2 Å². The van der Waals surface area contributed by atoms with Gasteiger partial charge in [0, 0.05) is 6.61 Å². The zero-order valence-electron chi connectivity index (χ0n) is 9.12. The lowest BCUT2D eigenvalue weighted by molar-refractivity contribution is -0.0746. The van der Waals surface area contributed by atoms with Crippen LogP contribution in [-0.2, 0) is 9.47 Å². The first kappa shape index (κ1) is 12.9. The molecule has 0 radical (unpaired) electrons. The first-order valence-electron chi connectivity index (χ1n) is 4.99. The fraction of sp³-hybridized carbons (Fsp3) is 1.00. The Hall–Kier alpha value is -0.120. The second kappa shape index (κ2) is 7.30. The zero-order valence-corrected chi connectivity index (χ0v) is 9.12. The molecule has 0 aliphatic heterocycles. The minimum atomic E-state index is -0.402. The third-order valence-electron chi connectivity index (χ3n) is 1.85. The Kier molecular flexibility index (Phi) is 7.23. The van der Waals surface area contributed by atoms with Gasteiger partial charge in [-0.3, -0.25) is 0 Å². The van der Waals surface area contributed by atoms with Crippen molar-refractivity contribution in [2.75, 3.05) is 13.2 Å². The molecule has 0 rings (SSSR count). The molecule has 0 heterocycles. The van der Waals surface area contributed by atoms with Crippen molar-refractivity contribution in [2.45, 2.75) is 52.4 Å². The SMILES string of the molecule is CCCOC(C)C(C)OCC(C)O. The Morgan fingerprint density at radius 3 is 2.08 bits per heavy atom. The molecule has 3 unspecified atom stereocenters. The van der Waals surface area contributed by atoms with Gasteiger partial charge < -0.3 is 14.6 Å². The summed E-state index contributed by atoms with van der Waals surface area (Å²) >= 11 is 0. The summed E-state index contributed by atoms with van der Waals surface area (Å²) in [5, 5.41) is 8.99. The quantitative estimate of drug-likeness (QED) is 0.662.